The van der Waals surface area contributed by atoms with Gasteiger partial charge in [0.15, 0.2) is 0 Å². The first-order chi connectivity index (χ1) is 6.49. The molecule has 2 N–H and O–H groups in total. The zero-order valence-electron chi connectivity index (χ0n) is 8.73. The van der Waals surface area contributed by atoms with Gasteiger partial charge >= 0.3 is 0 Å². The van der Waals surface area contributed by atoms with E-state index in [1.54, 1.807) is 11.8 Å². The standard InChI is InChI=1S/C8H19NO3S2/c1-3-12-8(6-9)7-13-4-5-14(2,10)11/h8H,3-7,9H2,1-2H3. The van der Waals surface area contributed by atoms with Gasteiger partial charge in [-0.25, -0.2) is 8.42 Å². The second kappa shape index (κ2) is 7.50. The number of thioether (sulfide) groups is 1. The van der Waals surface area contributed by atoms with Gasteiger partial charge in [-0.3, -0.25) is 0 Å². The molecule has 0 aromatic heterocycles. The number of hydrogen-bond donors (Lipinski definition) is 1. The second-order valence-corrected chi connectivity index (χ2v) is 6.43. The van der Waals surface area contributed by atoms with Gasteiger partial charge in [-0.15, -0.1) is 0 Å². The van der Waals surface area contributed by atoms with E-state index in [1.807, 2.05) is 6.92 Å². The van der Waals surface area contributed by atoms with Crippen LogP contribution in [0.15, 0.2) is 0 Å². The Hall–Kier alpha value is 0.220. The summed E-state index contributed by atoms with van der Waals surface area (Å²) in [6, 6.07) is 0. The van der Waals surface area contributed by atoms with Crippen LogP contribution in [-0.2, 0) is 14.6 Å². The first-order valence-electron chi connectivity index (χ1n) is 4.56. The summed E-state index contributed by atoms with van der Waals surface area (Å²) in [5.41, 5.74) is 5.47. The Balaban J connectivity index is 3.52. The van der Waals surface area contributed by atoms with E-state index < -0.39 is 9.84 Å². The van der Waals surface area contributed by atoms with Crippen molar-refractivity contribution in [2.45, 2.75) is 13.0 Å². The van der Waals surface area contributed by atoms with Crippen molar-refractivity contribution >= 4 is 21.6 Å². The van der Waals surface area contributed by atoms with Crippen LogP contribution in [-0.4, -0.2) is 51.2 Å². The van der Waals surface area contributed by atoms with Crippen molar-refractivity contribution < 1.29 is 13.2 Å². The van der Waals surface area contributed by atoms with Crippen molar-refractivity contribution in [3.05, 3.63) is 0 Å². The Morgan fingerprint density at radius 2 is 2.14 bits per heavy atom. The summed E-state index contributed by atoms with van der Waals surface area (Å²) < 4.78 is 26.9. The molecule has 0 amide bonds. The van der Waals surface area contributed by atoms with Crippen molar-refractivity contribution in [3.8, 4) is 0 Å². The van der Waals surface area contributed by atoms with Crippen LogP contribution in [0.1, 0.15) is 6.92 Å². The zero-order valence-corrected chi connectivity index (χ0v) is 10.4. The van der Waals surface area contributed by atoms with Crippen molar-refractivity contribution in [2.24, 2.45) is 5.73 Å². The molecule has 0 saturated heterocycles. The van der Waals surface area contributed by atoms with Crippen LogP contribution in [0.3, 0.4) is 0 Å². The first kappa shape index (κ1) is 14.2. The number of hydrogen-bond acceptors (Lipinski definition) is 5. The largest absolute Gasteiger partial charge is 0.376 e. The molecule has 0 aliphatic rings. The summed E-state index contributed by atoms with van der Waals surface area (Å²) in [6.07, 6.45) is 1.29. The maximum absolute atomic E-state index is 10.8. The minimum atomic E-state index is -2.83. The summed E-state index contributed by atoms with van der Waals surface area (Å²) in [6.45, 7) is 3.05. The minimum Gasteiger partial charge on any atom is -0.376 e. The van der Waals surface area contributed by atoms with Crippen LogP contribution >= 0.6 is 11.8 Å². The Morgan fingerprint density at radius 3 is 2.57 bits per heavy atom. The summed E-state index contributed by atoms with van der Waals surface area (Å²) >= 11 is 1.57. The van der Waals surface area contributed by atoms with Gasteiger partial charge in [0, 0.05) is 30.9 Å². The van der Waals surface area contributed by atoms with Crippen LogP contribution < -0.4 is 5.73 Å². The Morgan fingerprint density at radius 1 is 1.50 bits per heavy atom. The van der Waals surface area contributed by atoms with E-state index >= 15 is 0 Å². The van der Waals surface area contributed by atoms with Crippen molar-refractivity contribution in [3.63, 3.8) is 0 Å². The summed E-state index contributed by atoms with van der Waals surface area (Å²) in [7, 11) is -2.83. The van der Waals surface area contributed by atoms with E-state index in [-0.39, 0.29) is 11.9 Å². The lowest BCUT2D eigenvalue weighted by Crippen LogP contribution is -2.26. The molecule has 0 fully saturated rings. The van der Waals surface area contributed by atoms with Gasteiger partial charge in [-0.1, -0.05) is 0 Å². The molecule has 0 rings (SSSR count). The third-order valence-corrected chi connectivity index (χ3v) is 3.87. The maximum atomic E-state index is 10.8. The van der Waals surface area contributed by atoms with Crippen LogP contribution in [0.5, 0.6) is 0 Å². The summed E-state index contributed by atoms with van der Waals surface area (Å²) in [4.78, 5) is 0. The van der Waals surface area contributed by atoms with Crippen molar-refractivity contribution in [2.75, 3.05) is 36.7 Å². The average Bonchev–Trinajstić information content (AvgIpc) is 2.08. The van der Waals surface area contributed by atoms with Crippen LogP contribution in [0.2, 0.25) is 0 Å². The van der Waals surface area contributed by atoms with Gasteiger partial charge in [-0.2, -0.15) is 11.8 Å². The van der Waals surface area contributed by atoms with Crippen LogP contribution in [0.4, 0.5) is 0 Å². The normalized spacial score (nSPS) is 14.2. The topological polar surface area (TPSA) is 69.4 Å². The molecule has 0 aliphatic carbocycles. The predicted octanol–water partition coefficient (Wildman–Crippen LogP) is 0.128. The fourth-order valence-corrected chi connectivity index (χ4v) is 3.19. The summed E-state index contributed by atoms with van der Waals surface area (Å²) in [5, 5.41) is 0. The fraction of sp³-hybridized carbons (Fsp3) is 1.00. The quantitative estimate of drug-likeness (QED) is 0.612. The highest BCUT2D eigenvalue weighted by molar-refractivity contribution is 8.00. The zero-order chi connectivity index (χ0) is 11.0. The molecule has 0 aromatic carbocycles. The van der Waals surface area contributed by atoms with Gasteiger partial charge in [0.05, 0.1) is 11.9 Å². The molecular formula is C8H19NO3S2. The molecule has 86 valence electrons. The number of rotatable bonds is 8. The number of sulfone groups is 1. The Kier molecular flexibility index (Phi) is 7.62. The third-order valence-electron chi connectivity index (χ3n) is 1.57. The van der Waals surface area contributed by atoms with Gasteiger partial charge in [0.1, 0.15) is 9.84 Å². The van der Waals surface area contributed by atoms with Crippen LogP contribution in [0, 0.1) is 0 Å². The lowest BCUT2D eigenvalue weighted by Gasteiger charge is -2.13. The highest BCUT2D eigenvalue weighted by Gasteiger charge is 2.07. The van der Waals surface area contributed by atoms with Gasteiger partial charge in [0.25, 0.3) is 0 Å². The molecule has 0 heterocycles. The van der Waals surface area contributed by atoms with E-state index in [1.165, 1.54) is 6.26 Å². The monoisotopic (exact) mass is 241 g/mol. The Labute approximate surface area is 90.5 Å². The molecule has 6 heteroatoms. The molecule has 0 aliphatic heterocycles. The molecule has 0 saturated carbocycles. The highest BCUT2D eigenvalue weighted by atomic mass is 32.2. The fourth-order valence-electron chi connectivity index (χ4n) is 0.845. The molecular weight excluding hydrogens is 222 g/mol. The maximum Gasteiger partial charge on any atom is 0.148 e. The smallest absolute Gasteiger partial charge is 0.148 e. The average molecular weight is 241 g/mol. The summed E-state index contributed by atoms with van der Waals surface area (Å²) in [5.74, 6) is 1.60. The van der Waals surface area contributed by atoms with Gasteiger partial charge in [-0.05, 0) is 6.92 Å². The molecule has 0 bridgehead atoms. The molecule has 4 nitrogen and oxygen atoms in total. The van der Waals surface area contributed by atoms with Crippen molar-refractivity contribution in [1.82, 2.24) is 0 Å². The molecule has 0 spiro atoms. The SMILES string of the molecule is CCOC(CN)CSCCS(C)(=O)=O. The van der Waals surface area contributed by atoms with E-state index in [2.05, 4.69) is 0 Å². The van der Waals surface area contributed by atoms with Gasteiger partial charge in [0.2, 0.25) is 0 Å². The Bertz CT molecular complexity index is 229. The lowest BCUT2D eigenvalue weighted by molar-refractivity contribution is 0.0859. The lowest BCUT2D eigenvalue weighted by atomic mass is 10.4. The molecule has 1 atom stereocenters. The number of ether oxygens (including phenoxy) is 1. The highest BCUT2D eigenvalue weighted by Crippen LogP contribution is 2.06. The predicted molar refractivity (Wildman–Crippen MR) is 61.5 cm³/mol. The molecule has 0 radical (unpaired) electrons. The molecule has 1 unspecified atom stereocenters. The van der Waals surface area contributed by atoms with E-state index in [4.69, 9.17) is 10.5 Å². The molecule has 0 aromatic rings. The first-order valence-corrected chi connectivity index (χ1v) is 7.78. The third kappa shape index (κ3) is 8.80. The van der Waals surface area contributed by atoms with E-state index in [0.717, 1.165) is 5.75 Å². The minimum absolute atomic E-state index is 0.0459. The van der Waals surface area contributed by atoms with Gasteiger partial charge < -0.3 is 10.5 Å². The van der Waals surface area contributed by atoms with E-state index in [9.17, 15) is 8.42 Å². The van der Waals surface area contributed by atoms with Crippen molar-refractivity contribution in [1.29, 1.82) is 0 Å². The number of nitrogens with two attached hydrogens (primary N) is 1. The molecule has 14 heavy (non-hydrogen) atoms. The van der Waals surface area contributed by atoms with E-state index in [0.29, 0.717) is 18.9 Å². The van der Waals surface area contributed by atoms with Crippen LogP contribution in [0.25, 0.3) is 0 Å². The second-order valence-electron chi connectivity index (χ2n) is 3.02.